The zero-order valence-electron chi connectivity index (χ0n) is 31.4. The fourth-order valence-corrected chi connectivity index (χ4v) is 8.48. The van der Waals surface area contributed by atoms with Crippen LogP contribution in [0.4, 0.5) is 0 Å². The molecule has 2 N–H and O–H groups in total. The monoisotopic (exact) mass is 712 g/mol. The Morgan fingerprint density at radius 2 is 0.926 bits per heavy atom. The van der Waals surface area contributed by atoms with Crippen molar-refractivity contribution in [3.63, 3.8) is 0 Å². The van der Waals surface area contributed by atoms with Crippen LogP contribution in [0.5, 0.6) is 0 Å². The van der Waals surface area contributed by atoms with Gasteiger partial charge in [0.1, 0.15) is 0 Å². The number of hydrogen-bond donors (Lipinski definition) is 1. The first-order valence-corrected chi connectivity index (χ1v) is 20.0. The van der Waals surface area contributed by atoms with Crippen molar-refractivity contribution in [1.29, 1.82) is 0 Å². The predicted molar refractivity (Wildman–Crippen MR) is 226 cm³/mol. The van der Waals surface area contributed by atoms with Gasteiger partial charge in [0.25, 0.3) is 0 Å². The third-order valence-corrected chi connectivity index (χ3v) is 11.1. The van der Waals surface area contributed by atoms with Crippen molar-refractivity contribution in [2.45, 2.75) is 77.5 Å². The van der Waals surface area contributed by atoms with Gasteiger partial charge in [-0.2, -0.15) is 0 Å². The van der Waals surface area contributed by atoms with Crippen molar-refractivity contribution in [2.75, 3.05) is 13.1 Å². The molecule has 0 radical (unpaired) electrons. The lowest BCUT2D eigenvalue weighted by Crippen LogP contribution is -2.26. The molecular formula is C48H52N6. The summed E-state index contributed by atoms with van der Waals surface area (Å²) in [4.78, 5) is 12.9. The summed E-state index contributed by atoms with van der Waals surface area (Å²) in [6, 6.07) is 43.9. The van der Waals surface area contributed by atoms with Gasteiger partial charge >= 0.3 is 0 Å². The van der Waals surface area contributed by atoms with Gasteiger partial charge < -0.3 is 14.9 Å². The summed E-state index contributed by atoms with van der Waals surface area (Å²) in [5.41, 5.74) is 16.0. The Bertz CT molecular complexity index is 2260. The van der Waals surface area contributed by atoms with Crippen LogP contribution in [0.1, 0.15) is 61.0 Å². The Balaban J connectivity index is 1.14. The molecule has 54 heavy (non-hydrogen) atoms. The molecule has 0 fully saturated rings. The zero-order valence-corrected chi connectivity index (χ0v) is 31.4. The van der Waals surface area contributed by atoms with Gasteiger partial charge in [-0.1, -0.05) is 110 Å². The van der Waals surface area contributed by atoms with Crippen LogP contribution in [0.25, 0.3) is 43.6 Å². The molecule has 0 aliphatic heterocycles. The zero-order chi connectivity index (χ0) is 36.5. The third kappa shape index (κ3) is 7.82. The van der Waals surface area contributed by atoms with Crippen LogP contribution in [0.3, 0.4) is 0 Å². The summed E-state index contributed by atoms with van der Waals surface area (Å²) in [6.07, 6.45) is 12.8. The minimum absolute atomic E-state index is 0.755. The molecule has 4 aromatic carbocycles. The van der Waals surface area contributed by atoms with Crippen LogP contribution < -0.4 is 5.73 Å². The average molecular weight is 713 g/mol. The fourth-order valence-electron chi connectivity index (χ4n) is 8.48. The molecular weight excluding hydrogens is 661 g/mol. The number of rotatable bonds is 18. The Labute approximate surface area is 319 Å². The number of aromatic nitrogens is 4. The van der Waals surface area contributed by atoms with Crippen LogP contribution in [0.15, 0.2) is 134 Å². The first-order valence-electron chi connectivity index (χ1n) is 20.0. The summed E-state index contributed by atoms with van der Waals surface area (Å²) in [7, 11) is 0. The van der Waals surface area contributed by atoms with Gasteiger partial charge in [0.05, 0.1) is 22.4 Å². The normalized spacial score (nSPS) is 11.9. The van der Waals surface area contributed by atoms with Gasteiger partial charge in [0.2, 0.25) is 0 Å². The van der Waals surface area contributed by atoms with Crippen molar-refractivity contribution in [3.05, 3.63) is 156 Å². The van der Waals surface area contributed by atoms with Crippen LogP contribution in [0, 0.1) is 0 Å². The molecule has 0 amide bonds. The summed E-state index contributed by atoms with van der Waals surface area (Å²) < 4.78 is 5.08. The maximum atomic E-state index is 5.88. The van der Waals surface area contributed by atoms with Gasteiger partial charge in [-0.25, -0.2) is 0 Å². The second kappa shape index (κ2) is 17.2. The molecule has 0 saturated carbocycles. The number of fused-ring (bicyclic) bond motifs is 6. The Morgan fingerprint density at radius 1 is 0.463 bits per heavy atom. The Hall–Kier alpha value is -5.30. The van der Waals surface area contributed by atoms with Gasteiger partial charge in [0.15, 0.2) is 0 Å². The quantitative estimate of drug-likeness (QED) is 0.0900. The number of nitrogens with two attached hydrogens (primary N) is 1. The van der Waals surface area contributed by atoms with Crippen molar-refractivity contribution in [2.24, 2.45) is 5.73 Å². The minimum Gasteiger partial charge on any atom is -0.339 e. The van der Waals surface area contributed by atoms with E-state index in [0.29, 0.717) is 0 Å². The van der Waals surface area contributed by atoms with E-state index >= 15 is 0 Å². The third-order valence-electron chi connectivity index (χ3n) is 11.1. The lowest BCUT2D eigenvalue weighted by atomic mass is 10.1. The summed E-state index contributed by atoms with van der Waals surface area (Å²) in [6.45, 7) is 5.14. The molecule has 4 aromatic heterocycles. The standard InChI is InChI=1S/C48H52N6/c49-29-13-1-2-14-32-52(35-43-47-41(27-30-50-43)39-23-9-11-25-45(39)53(47)33-15-21-37-17-5-3-6-18-37)36-44-48-42(28-31-51-44)40-24-10-12-26-46(40)54(48)34-16-22-38-19-7-4-8-20-38/h3-12,17-20,23-28,30-31H,1-2,13-16,21-22,29,32-36,49H2. The fraction of sp³-hybridized carbons (Fsp3) is 0.292. The van der Waals surface area contributed by atoms with E-state index in [4.69, 9.17) is 15.7 Å². The van der Waals surface area contributed by atoms with E-state index in [2.05, 4.69) is 135 Å². The molecule has 0 aliphatic carbocycles. The Kier molecular flexibility index (Phi) is 11.4. The molecule has 0 saturated heterocycles. The van der Waals surface area contributed by atoms with Gasteiger partial charge in [-0.05, 0) is 87.0 Å². The minimum atomic E-state index is 0.755. The maximum Gasteiger partial charge on any atom is 0.0786 e. The number of hydrogen-bond acceptors (Lipinski definition) is 4. The maximum absolute atomic E-state index is 5.88. The van der Waals surface area contributed by atoms with E-state index in [1.807, 2.05) is 12.4 Å². The molecule has 6 nitrogen and oxygen atoms in total. The van der Waals surface area contributed by atoms with E-state index in [1.54, 1.807) is 0 Å². The first-order chi connectivity index (χ1) is 26.8. The van der Waals surface area contributed by atoms with Crippen LogP contribution in [-0.4, -0.2) is 37.1 Å². The number of unbranched alkanes of at least 4 members (excludes halogenated alkanes) is 3. The molecule has 0 atom stereocenters. The lowest BCUT2D eigenvalue weighted by Gasteiger charge is -2.23. The number of aryl methyl sites for hydroxylation is 4. The second-order valence-corrected chi connectivity index (χ2v) is 14.7. The van der Waals surface area contributed by atoms with E-state index in [-0.39, 0.29) is 0 Å². The highest BCUT2D eigenvalue weighted by Gasteiger charge is 2.20. The molecule has 0 spiro atoms. The number of para-hydroxylation sites is 2. The number of pyridine rings is 2. The first kappa shape index (κ1) is 35.7. The highest BCUT2D eigenvalue weighted by atomic mass is 15.1. The Morgan fingerprint density at radius 3 is 1.43 bits per heavy atom. The van der Waals surface area contributed by atoms with E-state index < -0.39 is 0 Å². The topological polar surface area (TPSA) is 64.9 Å². The molecule has 8 rings (SSSR count). The van der Waals surface area contributed by atoms with E-state index in [9.17, 15) is 0 Å². The van der Waals surface area contributed by atoms with Gasteiger partial charge in [-0.3, -0.25) is 14.9 Å². The van der Waals surface area contributed by atoms with Crippen LogP contribution in [-0.2, 0) is 39.0 Å². The number of benzene rings is 4. The van der Waals surface area contributed by atoms with Crippen LogP contribution in [0.2, 0.25) is 0 Å². The molecule has 6 heteroatoms. The van der Waals surface area contributed by atoms with Crippen LogP contribution >= 0.6 is 0 Å². The lowest BCUT2D eigenvalue weighted by molar-refractivity contribution is 0.246. The number of nitrogens with zero attached hydrogens (tertiary/aromatic N) is 5. The molecule has 274 valence electrons. The predicted octanol–water partition coefficient (Wildman–Crippen LogP) is 10.5. The summed E-state index contributed by atoms with van der Waals surface area (Å²) >= 11 is 0. The molecule has 8 aromatic rings. The average Bonchev–Trinajstić information content (AvgIpc) is 3.72. The van der Waals surface area contributed by atoms with Crippen molar-refractivity contribution in [1.82, 2.24) is 24.0 Å². The van der Waals surface area contributed by atoms with Gasteiger partial charge in [0, 0.05) is 71.2 Å². The van der Waals surface area contributed by atoms with E-state index in [0.717, 1.165) is 95.6 Å². The van der Waals surface area contributed by atoms with Crippen molar-refractivity contribution in [3.8, 4) is 0 Å². The van der Waals surface area contributed by atoms with E-state index in [1.165, 1.54) is 61.2 Å². The summed E-state index contributed by atoms with van der Waals surface area (Å²) in [5.74, 6) is 0. The largest absolute Gasteiger partial charge is 0.339 e. The second-order valence-electron chi connectivity index (χ2n) is 14.7. The SMILES string of the molecule is NCCCCCCN(Cc1nccc2c3ccccc3n(CCCc3ccccc3)c12)Cc1nccc2c3ccccc3n(CCCc3ccccc3)c12. The molecule has 0 bridgehead atoms. The molecule has 4 heterocycles. The molecule has 0 unspecified atom stereocenters. The van der Waals surface area contributed by atoms with Crippen molar-refractivity contribution >= 4 is 43.6 Å². The van der Waals surface area contributed by atoms with Crippen molar-refractivity contribution < 1.29 is 0 Å². The highest BCUT2D eigenvalue weighted by molar-refractivity contribution is 6.09. The molecule has 0 aliphatic rings. The summed E-state index contributed by atoms with van der Waals surface area (Å²) in [5, 5.41) is 5.18. The van der Waals surface area contributed by atoms with Gasteiger partial charge in [-0.15, -0.1) is 0 Å². The smallest absolute Gasteiger partial charge is 0.0786 e. The highest BCUT2D eigenvalue weighted by Crippen LogP contribution is 2.34.